The van der Waals surface area contributed by atoms with Gasteiger partial charge in [-0.25, -0.2) is 0 Å². The summed E-state index contributed by atoms with van der Waals surface area (Å²) in [5.74, 6) is 1.14. The minimum atomic E-state index is 0. The molecular formula is C21H28Br2N4. The van der Waals surface area contributed by atoms with Crippen molar-refractivity contribution in [3.05, 3.63) is 60.8 Å². The predicted molar refractivity (Wildman–Crippen MR) is 127 cm³/mol. The highest BCUT2D eigenvalue weighted by atomic mass is 79.9. The number of piperazine rings is 1. The van der Waals surface area contributed by atoms with Crippen LogP contribution >= 0.6 is 34.0 Å². The number of nitrogens with one attached hydrogen (secondary N) is 2. The molecule has 6 heteroatoms. The van der Waals surface area contributed by atoms with Gasteiger partial charge in [-0.05, 0) is 25.1 Å². The summed E-state index contributed by atoms with van der Waals surface area (Å²) in [7, 11) is 0. The summed E-state index contributed by atoms with van der Waals surface area (Å²) in [5.41, 5.74) is 1.35. The topological polar surface area (TPSA) is 34.3 Å². The van der Waals surface area contributed by atoms with Crippen LogP contribution in [0.15, 0.2) is 60.8 Å². The van der Waals surface area contributed by atoms with E-state index in [2.05, 4.69) is 80.9 Å². The van der Waals surface area contributed by atoms with Crippen molar-refractivity contribution in [3.63, 3.8) is 0 Å². The molecule has 2 N–H and O–H groups in total. The average molecular weight is 496 g/mol. The van der Waals surface area contributed by atoms with E-state index in [0.29, 0.717) is 0 Å². The Morgan fingerprint density at radius 3 is 2.33 bits per heavy atom. The molecule has 0 aliphatic carbocycles. The zero-order chi connectivity index (χ0) is 16.9. The van der Waals surface area contributed by atoms with Crippen molar-refractivity contribution >= 4 is 56.2 Å². The molecule has 1 aromatic heterocycles. The highest BCUT2D eigenvalue weighted by Gasteiger charge is 2.16. The normalized spacial score (nSPS) is 14.4. The number of nitrogens with zero attached hydrogens (tertiary/aromatic N) is 2. The van der Waals surface area contributed by atoms with Crippen LogP contribution in [0.4, 0.5) is 11.5 Å². The summed E-state index contributed by atoms with van der Waals surface area (Å²) in [6, 6.07) is 19.2. The zero-order valence-corrected chi connectivity index (χ0v) is 18.9. The molecule has 4 nitrogen and oxygen atoms in total. The summed E-state index contributed by atoms with van der Waals surface area (Å²) in [5, 5.41) is 6.09. The van der Waals surface area contributed by atoms with Crippen LogP contribution in [0.3, 0.4) is 0 Å². The van der Waals surface area contributed by atoms with E-state index in [1.54, 1.807) is 0 Å². The summed E-state index contributed by atoms with van der Waals surface area (Å²) < 4.78 is 0. The van der Waals surface area contributed by atoms with E-state index in [1.165, 1.54) is 22.9 Å². The van der Waals surface area contributed by atoms with Crippen molar-refractivity contribution in [3.8, 4) is 0 Å². The number of H-pyrrole nitrogens is 1. The molecule has 2 heterocycles. The van der Waals surface area contributed by atoms with Crippen molar-refractivity contribution in [1.82, 2.24) is 9.88 Å². The minimum absolute atomic E-state index is 0. The smallest absolute Gasteiger partial charge is 0.111 e. The maximum absolute atomic E-state index is 3.55. The maximum Gasteiger partial charge on any atom is 0.111 e. The van der Waals surface area contributed by atoms with Crippen LogP contribution < -0.4 is 10.2 Å². The lowest BCUT2D eigenvalue weighted by molar-refractivity contribution is 0.257. The van der Waals surface area contributed by atoms with Crippen LogP contribution in [-0.4, -0.2) is 49.2 Å². The van der Waals surface area contributed by atoms with Crippen LogP contribution in [0.5, 0.6) is 0 Å². The molecule has 0 radical (unpaired) electrons. The Balaban J connectivity index is 0.00000131. The van der Waals surface area contributed by atoms with Crippen molar-refractivity contribution < 1.29 is 0 Å². The fraction of sp³-hybridized carbons (Fsp3) is 0.333. The number of benzene rings is 2. The van der Waals surface area contributed by atoms with E-state index in [9.17, 15) is 0 Å². The Kier molecular flexibility index (Phi) is 8.67. The lowest BCUT2D eigenvalue weighted by Gasteiger charge is -2.36. The maximum atomic E-state index is 3.55. The first-order valence-corrected chi connectivity index (χ1v) is 9.22. The number of fused-ring (bicyclic) bond motifs is 1. The van der Waals surface area contributed by atoms with E-state index in [-0.39, 0.29) is 34.0 Å². The second kappa shape index (κ2) is 10.7. The van der Waals surface area contributed by atoms with Crippen LogP contribution in [-0.2, 0) is 0 Å². The van der Waals surface area contributed by atoms with Crippen LogP contribution in [0.25, 0.3) is 10.8 Å². The Morgan fingerprint density at radius 2 is 1.56 bits per heavy atom. The SMILES string of the molecule is Br.Br.c1ccc(N2CCN(CCCNc3[nH]cc4ccccc34)CC2)cc1. The third-order valence-corrected chi connectivity index (χ3v) is 5.05. The van der Waals surface area contributed by atoms with Gasteiger partial charge in [0.25, 0.3) is 0 Å². The Bertz CT molecular complexity index is 798. The summed E-state index contributed by atoms with van der Waals surface area (Å²) >= 11 is 0. The van der Waals surface area contributed by atoms with Gasteiger partial charge in [-0.1, -0.05) is 42.5 Å². The standard InChI is InChI=1S/C21H26N4.2BrH/c1-2-8-19(9-3-1)25-15-13-24(14-16-25)12-6-11-22-21-20-10-5-4-7-18(20)17-23-21;;/h1-5,7-10,17,22-23H,6,11-16H2;2*1H. The third-order valence-electron chi connectivity index (χ3n) is 5.05. The Morgan fingerprint density at radius 1 is 0.852 bits per heavy atom. The van der Waals surface area contributed by atoms with Gasteiger partial charge in [-0.15, -0.1) is 34.0 Å². The fourth-order valence-electron chi connectivity index (χ4n) is 3.61. The lowest BCUT2D eigenvalue weighted by Crippen LogP contribution is -2.46. The largest absolute Gasteiger partial charge is 0.371 e. The van der Waals surface area contributed by atoms with Gasteiger partial charge in [0.15, 0.2) is 0 Å². The van der Waals surface area contributed by atoms with Crippen molar-refractivity contribution in [1.29, 1.82) is 0 Å². The van der Waals surface area contributed by atoms with Crippen molar-refractivity contribution in [2.75, 3.05) is 49.5 Å². The molecule has 0 saturated carbocycles. The van der Waals surface area contributed by atoms with Gasteiger partial charge in [0, 0.05) is 55.4 Å². The number of halogens is 2. The summed E-state index contributed by atoms with van der Waals surface area (Å²) in [4.78, 5) is 8.41. The van der Waals surface area contributed by atoms with Crippen molar-refractivity contribution in [2.45, 2.75) is 6.42 Å². The number of hydrogen-bond acceptors (Lipinski definition) is 3. The second-order valence-electron chi connectivity index (χ2n) is 6.70. The van der Waals surface area contributed by atoms with Crippen LogP contribution in [0.1, 0.15) is 6.42 Å². The number of aromatic nitrogens is 1. The van der Waals surface area contributed by atoms with E-state index in [0.717, 1.165) is 45.1 Å². The first-order valence-electron chi connectivity index (χ1n) is 9.22. The predicted octanol–water partition coefficient (Wildman–Crippen LogP) is 4.95. The molecule has 0 spiro atoms. The number of aromatic amines is 1. The lowest BCUT2D eigenvalue weighted by atomic mass is 10.2. The molecule has 2 aromatic carbocycles. The number of anilines is 2. The van der Waals surface area contributed by atoms with Gasteiger partial charge in [0.05, 0.1) is 0 Å². The third kappa shape index (κ3) is 5.50. The average Bonchev–Trinajstić information content (AvgIpc) is 3.10. The molecule has 146 valence electrons. The van der Waals surface area contributed by atoms with Gasteiger partial charge in [0.2, 0.25) is 0 Å². The molecule has 1 aliphatic rings. The van der Waals surface area contributed by atoms with E-state index in [1.807, 2.05) is 0 Å². The molecule has 1 saturated heterocycles. The second-order valence-corrected chi connectivity index (χ2v) is 6.70. The van der Waals surface area contributed by atoms with Crippen LogP contribution in [0.2, 0.25) is 0 Å². The van der Waals surface area contributed by atoms with Gasteiger partial charge < -0.3 is 15.2 Å². The van der Waals surface area contributed by atoms with Crippen LogP contribution in [0, 0.1) is 0 Å². The highest BCUT2D eigenvalue weighted by Crippen LogP contribution is 2.22. The molecule has 0 bridgehead atoms. The monoisotopic (exact) mass is 494 g/mol. The van der Waals surface area contributed by atoms with Gasteiger partial charge in [-0.3, -0.25) is 4.90 Å². The Hall–Kier alpha value is -1.50. The number of para-hydroxylation sites is 1. The van der Waals surface area contributed by atoms with Gasteiger partial charge in [-0.2, -0.15) is 0 Å². The molecule has 0 atom stereocenters. The molecule has 3 aromatic rings. The van der Waals surface area contributed by atoms with Crippen molar-refractivity contribution in [2.24, 2.45) is 0 Å². The number of hydrogen-bond donors (Lipinski definition) is 2. The first-order chi connectivity index (χ1) is 12.4. The molecule has 1 fully saturated rings. The highest BCUT2D eigenvalue weighted by molar-refractivity contribution is 8.93. The molecule has 0 unspecified atom stereocenters. The minimum Gasteiger partial charge on any atom is -0.371 e. The van der Waals surface area contributed by atoms with Gasteiger partial charge in [0.1, 0.15) is 5.82 Å². The quantitative estimate of drug-likeness (QED) is 0.475. The Labute approximate surface area is 182 Å². The molecule has 1 aliphatic heterocycles. The molecular weight excluding hydrogens is 468 g/mol. The fourth-order valence-corrected chi connectivity index (χ4v) is 3.61. The van der Waals surface area contributed by atoms with E-state index in [4.69, 9.17) is 0 Å². The first kappa shape index (κ1) is 21.8. The molecule has 4 rings (SSSR count). The summed E-state index contributed by atoms with van der Waals surface area (Å²) in [6.45, 7) is 6.72. The van der Waals surface area contributed by atoms with Gasteiger partial charge >= 0.3 is 0 Å². The molecule has 0 amide bonds. The number of rotatable bonds is 6. The zero-order valence-electron chi connectivity index (χ0n) is 15.4. The summed E-state index contributed by atoms with van der Waals surface area (Å²) in [6.07, 6.45) is 3.24. The van der Waals surface area contributed by atoms with E-state index >= 15 is 0 Å². The van der Waals surface area contributed by atoms with E-state index < -0.39 is 0 Å². The molecule has 27 heavy (non-hydrogen) atoms.